The third-order valence-electron chi connectivity index (χ3n) is 3.53. The van der Waals surface area contributed by atoms with E-state index in [4.69, 9.17) is 21.1 Å². The molecule has 18 heavy (non-hydrogen) atoms. The largest absolute Gasteiger partial charge is 0.348 e. The predicted octanol–water partition coefficient (Wildman–Crippen LogP) is 4.58. The van der Waals surface area contributed by atoms with Crippen molar-refractivity contribution in [1.29, 1.82) is 0 Å². The molecule has 0 amide bonds. The van der Waals surface area contributed by atoms with E-state index in [0.29, 0.717) is 12.0 Å². The molecule has 1 aliphatic heterocycles. The van der Waals surface area contributed by atoms with Gasteiger partial charge in [-0.25, -0.2) is 0 Å². The highest BCUT2D eigenvalue weighted by molar-refractivity contribution is 6.30. The number of ether oxygens (including phenoxy) is 2. The van der Waals surface area contributed by atoms with Crippen molar-refractivity contribution in [3.05, 3.63) is 34.9 Å². The van der Waals surface area contributed by atoms with Gasteiger partial charge >= 0.3 is 0 Å². The Morgan fingerprint density at radius 2 is 1.94 bits per heavy atom. The smallest absolute Gasteiger partial charge is 0.184 e. The zero-order chi connectivity index (χ0) is 13.0. The highest BCUT2D eigenvalue weighted by Crippen LogP contribution is 2.32. The minimum absolute atomic E-state index is 0.235. The average Bonchev–Trinajstić information content (AvgIpc) is 2.40. The van der Waals surface area contributed by atoms with Crippen molar-refractivity contribution in [2.75, 3.05) is 6.61 Å². The molecule has 0 unspecified atom stereocenters. The van der Waals surface area contributed by atoms with Crippen LogP contribution >= 0.6 is 11.6 Å². The second-order valence-electron chi connectivity index (χ2n) is 4.85. The maximum absolute atomic E-state index is 6.09. The fraction of sp³-hybridized carbons (Fsp3) is 0.600. The summed E-state index contributed by atoms with van der Waals surface area (Å²) < 4.78 is 11.9. The fourth-order valence-corrected chi connectivity index (χ4v) is 2.52. The van der Waals surface area contributed by atoms with E-state index in [0.717, 1.165) is 36.5 Å². The van der Waals surface area contributed by atoms with Crippen molar-refractivity contribution in [2.24, 2.45) is 5.92 Å². The number of hydrogen-bond donors (Lipinski definition) is 0. The van der Waals surface area contributed by atoms with E-state index >= 15 is 0 Å². The van der Waals surface area contributed by atoms with Crippen LogP contribution in [0.5, 0.6) is 0 Å². The number of benzene rings is 1. The van der Waals surface area contributed by atoms with Crippen LogP contribution in [0.25, 0.3) is 0 Å². The summed E-state index contributed by atoms with van der Waals surface area (Å²) in [5.74, 6) is 0.522. The molecule has 3 atom stereocenters. The molecule has 2 rings (SSSR count). The van der Waals surface area contributed by atoms with Gasteiger partial charge < -0.3 is 9.47 Å². The first kappa shape index (κ1) is 13.9. The minimum Gasteiger partial charge on any atom is -0.348 e. The Morgan fingerprint density at radius 1 is 1.22 bits per heavy atom. The number of rotatable bonds is 4. The van der Waals surface area contributed by atoms with Crippen molar-refractivity contribution >= 4 is 11.6 Å². The van der Waals surface area contributed by atoms with Gasteiger partial charge in [-0.15, -0.1) is 0 Å². The molecule has 0 bridgehead atoms. The van der Waals surface area contributed by atoms with Crippen molar-refractivity contribution in [1.82, 2.24) is 0 Å². The van der Waals surface area contributed by atoms with Gasteiger partial charge in [-0.1, -0.05) is 44.0 Å². The molecular formula is C15H21ClO2. The summed E-state index contributed by atoms with van der Waals surface area (Å²) in [6.45, 7) is 5.18. The Morgan fingerprint density at radius 3 is 2.56 bits per heavy atom. The lowest BCUT2D eigenvalue weighted by atomic mass is 9.95. The van der Waals surface area contributed by atoms with Gasteiger partial charge in [-0.2, -0.15) is 0 Å². The standard InChI is InChI=1S/C15H21ClO2/c1-3-5-14-11(4-2)10-17-15(18-14)12-6-8-13(16)9-7-12/h6-9,11,14-15H,3-5,10H2,1-2H3/t11-,14+,15-/m0/s1. The molecule has 1 aromatic rings. The molecule has 0 aromatic heterocycles. The van der Waals surface area contributed by atoms with Crippen molar-refractivity contribution in [3.8, 4) is 0 Å². The van der Waals surface area contributed by atoms with E-state index in [1.165, 1.54) is 0 Å². The Hall–Kier alpha value is -0.570. The van der Waals surface area contributed by atoms with Gasteiger partial charge in [-0.3, -0.25) is 0 Å². The quantitative estimate of drug-likeness (QED) is 0.796. The summed E-state index contributed by atoms with van der Waals surface area (Å²) in [5.41, 5.74) is 1.05. The summed E-state index contributed by atoms with van der Waals surface area (Å²) in [6.07, 6.45) is 3.44. The molecule has 0 spiro atoms. The molecule has 1 aromatic carbocycles. The van der Waals surface area contributed by atoms with E-state index in [2.05, 4.69) is 13.8 Å². The second-order valence-corrected chi connectivity index (χ2v) is 5.28. The van der Waals surface area contributed by atoms with Crippen molar-refractivity contribution < 1.29 is 9.47 Å². The number of hydrogen-bond acceptors (Lipinski definition) is 2. The van der Waals surface area contributed by atoms with Crippen LogP contribution in [0, 0.1) is 5.92 Å². The van der Waals surface area contributed by atoms with Crippen molar-refractivity contribution in [3.63, 3.8) is 0 Å². The maximum Gasteiger partial charge on any atom is 0.184 e. The van der Waals surface area contributed by atoms with E-state index in [1.807, 2.05) is 24.3 Å². The summed E-state index contributed by atoms with van der Waals surface area (Å²) >= 11 is 5.89. The minimum atomic E-state index is -0.235. The maximum atomic E-state index is 6.09. The molecule has 0 aliphatic carbocycles. The van der Waals surface area contributed by atoms with Crippen molar-refractivity contribution in [2.45, 2.75) is 45.5 Å². The lowest BCUT2D eigenvalue weighted by Crippen LogP contribution is -2.35. The predicted molar refractivity (Wildman–Crippen MR) is 73.7 cm³/mol. The lowest BCUT2D eigenvalue weighted by molar-refractivity contribution is -0.243. The van der Waals surface area contributed by atoms with Crippen LogP contribution in [-0.2, 0) is 9.47 Å². The Balaban J connectivity index is 2.05. The SMILES string of the molecule is CCC[C@H]1O[C@@H](c2ccc(Cl)cc2)OC[C@@H]1CC. The summed E-state index contributed by atoms with van der Waals surface area (Å²) in [4.78, 5) is 0. The first-order valence-electron chi connectivity index (χ1n) is 6.77. The highest BCUT2D eigenvalue weighted by atomic mass is 35.5. The van der Waals surface area contributed by atoms with Gasteiger partial charge in [0.05, 0.1) is 12.7 Å². The number of halogens is 1. The molecule has 1 fully saturated rings. The van der Waals surface area contributed by atoms with E-state index in [1.54, 1.807) is 0 Å². The van der Waals surface area contributed by atoms with Crippen LogP contribution in [0.3, 0.4) is 0 Å². The monoisotopic (exact) mass is 268 g/mol. The third kappa shape index (κ3) is 3.25. The zero-order valence-corrected chi connectivity index (χ0v) is 11.8. The van der Waals surface area contributed by atoms with Gasteiger partial charge in [0.25, 0.3) is 0 Å². The first-order valence-corrected chi connectivity index (χ1v) is 7.15. The summed E-state index contributed by atoms with van der Waals surface area (Å²) in [6, 6.07) is 7.71. The normalized spacial score (nSPS) is 28.3. The van der Waals surface area contributed by atoms with Crippen LogP contribution in [0.15, 0.2) is 24.3 Å². The van der Waals surface area contributed by atoms with Gasteiger partial charge in [-0.05, 0) is 25.0 Å². The Kier molecular flexibility index (Phi) is 5.04. The Labute approximate surface area is 114 Å². The van der Waals surface area contributed by atoms with Gasteiger partial charge in [0.1, 0.15) is 0 Å². The van der Waals surface area contributed by atoms with Crippen LogP contribution in [0.2, 0.25) is 5.02 Å². The van der Waals surface area contributed by atoms with Crippen LogP contribution < -0.4 is 0 Å². The molecule has 1 heterocycles. The van der Waals surface area contributed by atoms with E-state index < -0.39 is 0 Å². The molecule has 0 saturated carbocycles. The first-order chi connectivity index (χ1) is 8.74. The zero-order valence-electron chi connectivity index (χ0n) is 11.1. The van der Waals surface area contributed by atoms with Gasteiger partial charge in [0.2, 0.25) is 0 Å². The van der Waals surface area contributed by atoms with Crippen LogP contribution in [0.1, 0.15) is 45.0 Å². The molecule has 1 saturated heterocycles. The molecular weight excluding hydrogens is 248 g/mol. The molecule has 0 radical (unpaired) electrons. The average molecular weight is 269 g/mol. The van der Waals surface area contributed by atoms with E-state index in [9.17, 15) is 0 Å². The van der Waals surface area contributed by atoms with Gasteiger partial charge in [0, 0.05) is 16.5 Å². The topological polar surface area (TPSA) is 18.5 Å². The molecule has 100 valence electrons. The fourth-order valence-electron chi connectivity index (χ4n) is 2.39. The summed E-state index contributed by atoms with van der Waals surface area (Å²) in [7, 11) is 0. The molecule has 2 nitrogen and oxygen atoms in total. The molecule has 1 aliphatic rings. The highest BCUT2D eigenvalue weighted by Gasteiger charge is 2.30. The molecule has 3 heteroatoms. The van der Waals surface area contributed by atoms with Gasteiger partial charge in [0.15, 0.2) is 6.29 Å². The van der Waals surface area contributed by atoms with Crippen LogP contribution in [-0.4, -0.2) is 12.7 Å². The van der Waals surface area contributed by atoms with E-state index in [-0.39, 0.29) is 6.29 Å². The second kappa shape index (κ2) is 6.55. The van der Waals surface area contributed by atoms with Crippen LogP contribution in [0.4, 0.5) is 0 Å². The Bertz CT molecular complexity index is 363. The lowest BCUT2D eigenvalue weighted by Gasteiger charge is -2.36. The molecule has 0 N–H and O–H groups in total. The third-order valence-corrected chi connectivity index (χ3v) is 3.78. The summed E-state index contributed by atoms with van der Waals surface area (Å²) in [5, 5.41) is 0.742.